The van der Waals surface area contributed by atoms with Crippen molar-refractivity contribution in [3.05, 3.63) is 0 Å². The number of rotatable bonds is 3. The van der Waals surface area contributed by atoms with Gasteiger partial charge in [0.05, 0.1) is 13.2 Å². The molecule has 3 amide bonds. The Bertz CT molecular complexity index is 271. The topological polar surface area (TPSA) is 81.7 Å². The molecule has 1 aliphatic heterocycles. The quantitative estimate of drug-likeness (QED) is 0.634. The van der Waals surface area contributed by atoms with Gasteiger partial charge in [0.25, 0.3) is 0 Å². The van der Waals surface area contributed by atoms with Gasteiger partial charge in [-0.15, -0.1) is 0 Å². The zero-order valence-electron chi connectivity index (χ0n) is 10.2. The van der Waals surface area contributed by atoms with E-state index in [2.05, 4.69) is 10.6 Å². The number of aliphatic hydroxyl groups is 1. The lowest BCUT2D eigenvalue weighted by molar-refractivity contribution is -0.121. The first-order valence-corrected chi connectivity index (χ1v) is 6.04. The van der Waals surface area contributed by atoms with Gasteiger partial charge in [0.2, 0.25) is 5.91 Å². The van der Waals surface area contributed by atoms with Crippen LogP contribution >= 0.6 is 0 Å². The predicted octanol–water partition coefficient (Wildman–Crippen LogP) is -0.321. The molecule has 17 heavy (non-hydrogen) atoms. The summed E-state index contributed by atoms with van der Waals surface area (Å²) in [5.41, 5.74) is 0. The van der Waals surface area contributed by atoms with E-state index < -0.39 is 6.03 Å². The van der Waals surface area contributed by atoms with Gasteiger partial charge in [-0.05, 0) is 19.4 Å². The maximum atomic E-state index is 11.6. The van der Waals surface area contributed by atoms with E-state index in [0.29, 0.717) is 0 Å². The van der Waals surface area contributed by atoms with Crippen LogP contribution in [0, 0.1) is 0 Å². The maximum Gasteiger partial charge on any atom is 0.321 e. The summed E-state index contributed by atoms with van der Waals surface area (Å²) in [7, 11) is 1.46. The van der Waals surface area contributed by atoms with E-state index in [0.717, 1.165) is 32.2 Å². The van der Waals surface area contributed by atoms with Crippen molar-refractivity contribution < 1.29 is 14.7 Å². The molecule has 0 saturated carbocycles. The Morgan fingerprint density at radius 2 is 2.12 bits per heavy atom. The van der Waals surface area contributed by atoms with Crippen LogP contribution in [0.4, 0.5) is 4.79 Å². The molecule has 0 aromatic heterocycles. The number of nitrogens with zero attached hydrogens (tertiary/aromatic N) is 1. The molecule has 1 heterocycles. The molecule has 6 nitrogen and oxygen atoms in total. The van der Waals surface area contributed by atoms with Gasteiger partial charge in [0.15, 0.2) is 0 Å². The van der Waals surface area contributed by atoms with Crippen LogP contribution in [0.5, 0.6) is 0 Å². The van der Waals surface area contributed by atoms with Crippen LogP contribution in [0.25, 0.3) is 0 Å². The van der Waals surface area contributed by atoms with Crippen molar-refractivity contribution in [3.8, 4) is 0 Å². The predicted molar refractivity (Wildman–Crippen MR) is 63.5 cm³/mol. The van der Waals surface area contributed by atoms with E-state index in [1.807, 2.05) is 4.90 Å². The molecule has 1 saturated heterocycles. The Labute approximate surface area is 101 Å². The molecule has 0 radical (unpaired) electrons. The molecule has 98 valence electrons. The molecule has 1 rings (SSSR count). The van der Waals surface area contributed by atoms with E-state index in [1.165, 1.54) is 7.05 Å². The standard InChI is InChI=1S/C11H21N3O3/c1-12-11(17)13-10(16)7-14-6-4-2-3-5-9(14)8-15/h9,15H,2-8H2,1H3,(H2,12,13,16,17). The minimum absolute atomic E-state index is 0.0351. The lowest BCUT2D eigenvalue weighted by atomic mass is 10.1. The second-order valence-electron chi connectivity index (χ2n) is 4.28. The lowest BCUT2D eigenvalue weighted by Gasteiger charge is -2.27. The monoisotopic (exact) mass is 243 g/mol. The molecule has 1 aliphatic rings. The van der Waals surface area contributed by atoms with Gasteiger partial charge in [0, 0.05) is 13.1 Å². The molecular formula is C11H21N3O3. The highest BCUT2D eigenvalue weighted by Gasteiger charge is 2.22. The number of hydrogen-bond donors (Lipinski definition) is 3. The Morgan fingerprint density at radius 1 is 1.35 bits per heavy atom. The Morgan fingerprint density at radius 3 is 2.76 bits per heavy atom. The summed E-state index contributed by atoms with van der Waals surface area (Å²) in [6, 6.07) is -0.460. The van der Waals surface area contributed by atoms with E-state index in [-0.39, 0.29) is 25.1 Å². The minimum Gasteiger partial charge on any atom is -0.395 e. The highest BCUT2D eigenvalue weighted by atomic mass is 16.3. The molecule has 0 aliphatic carbocycles. The number of likely N-dealkylation sites (tertiary alicyclic amines) is 1. The van der Waals surface area contributed by atoms with Crippen molar-refractivity contribution in [1.29, 1.82) is 0 Å². The number of hydrogen-bond acceptors (Lipinski definition) is 4. The third kappa shape index (κ3) is 4.70. The van der Waals surface area contributed by atoms with Crippen molar-refractivity contribution in [1.82, 2.24) is 15.5 Å². The normalized spacial score (nSPS) is 21.6. The first-order chi connectivity index (χ1) is 8.17. The SMILES string of the molecule is CNC(=O)NC(=O)CN1CCCCCC1CO. The van der Waals surface area contributed by atoms with Crippen molar-refractivity contribution in [2.75, 3.05) is 26.7 Å². The summed E-state index contributed by atoms with van der Waals surface area (Å²) in [6.07, 6.45) is 4.15. The van der Waals surface area contributed by atoms with Crippen molar-refractivity contribution in [2.24, 2.45) is 0 Å². The van der Waals surface area contributed by atoms with Crippen molar-refractivity contribution >= 4 is 11.9 Å². The average molecular weight is 243 g/mol. The highest BCUT2D eigenvalue weighted by Crippen LogP contribution is 2.15. The summed E-state index contributed by atoms with van der Waals surface area (Å²) in [6.45, 7) is 1.03. The number of aliphatic hydroxyl groups excluding tert-OH is 1. The van der Waals surface area contributed by atoms with Crippen molar-refractivity contribution in [3.63, 3.8) is 0 Å². The fraction of sp³-hybridized carbons (Fsp3) is 0.818. The Hall–Kier alpha value is -1.14. The third-order valence-electron chi connectivity index (χ3n) is 3.04. The van der Waals surface area contributed by atoms with Gasteiger partial charge < -0.3 is 10.4 Å². The first kappa shape index (κ1) is 13.9. The molecular weight excluding hydrogens is 222 g/mol. The molecule has 0 aromatic carbocycles. The second-order valence-corrected chi connectivity index (χ2v) is 4.28. The summed E-state index contributed by atoms with van der Waals surface area (Å²) < 4.78 is 0. The summed E-state index contributed by atoms with van der Waals surface area (Å²) in [4.78, 5) is 24.5. The number of urea groups is 1. The molecule has 0 aromatic rings. The number of carbonyl (C=O) groups excluding carboxylic acids is 2. The van der Waals surface area contributed by atoms with Gasteiger partial charge in [-0.3, -0.25) is 15.0 Å². The summed E-state index contributed by atoms with van der Waals surface area (Å²) in [5.74, 6) is -0.329. The van der Waals surface area contributed by atoms with Gasteiger partial charge in [-0.2, -0.15) is 0 Å². The van der Waals surface area contributed by atoms with Crippen LogP contribution in [-0.4, -0.2) is 54.7 Å². The van der Waals surface area contributed by atoms with Crippen LogP contribution in [0.15, 0.2) is 0 Å². The molecule has 1 fully saturated rings. The van der Waals surface area contributed by atoms with Crippen LogP contribution in [0.3, 0.4) is 0 Å². The summed E-state index contributed by atoms with van der Waals surface area (Å²) >= 11 is 0. The van der Waals surface area contributed by atoms with E-state index in [9.17, 15) is 14.7 Å². The molecule has 6 heteroatoms. The lowest BCUT2D eigenvalue weighted by Crippen LogP contribution is -2.47. The van der Waals surface area contributed by atoms with Gasteiger partial charge in [-0.25, -0.2) is 4.79 Å². The zero-order valence-corrected chi connectivity index (χ0v) is 10.2. The van der Waals surface area contributed by atoms with Crippen LogP contribution in [-0.2, 0) is 4.79 Å². The molecule has 0 spiro atoms. The average Bonchev–Trinajstić information content (AvgIpc) is 2.53. The second kappa shape index (κ2) is 7.24. The largest absolute Gasteiger partial charge is 0.395 e. The number of nitrogens with one attached hydrogen (secondary N) is 2. The highest BCUT2D eigenvalue weighted by molar-refractivity contribution is 5.95. The summed E-state index contributed by atoms with van der Waals surface area (Å²) in [5, 5.41) is 13.8. The van der Waals surface area contributed by atoms with Gasteiger partial charge >= 0.3 is 6.03 Å². The first-order valence-electron chi connectivity index (χ1n) is 6.04. The Balaban J connectivity index is 2.46. The molecule has 3 N–H and O–H groups in total. The Kier molecular flexibility index (Phi) is 5.93. The van der Waals surface area contributed by atoms with Crippen LogP contribution in [0.2, 0.25) is 0 Å². The van der Waals surface area contributed by atoms with Crippen LogP contribution in [0.1, 0.15) is 25.7 Å². The van der Waals surface area contributed by atoms with E-state index >= 15 is 0 Å². The smallest absolute Gasteiger partial charge is 0.321 e. The zero-order chi connectivity index (χ0) is 12.7. The van der Waals surface area contributed by atoms with Crippen LogP contribution < -0.4 is 10.6 Å². The molecule has 1 unspecified atom stereocenters. The van der Waals surface area contributed by atoms with Crippen molar-refractivity contribution in [2.45, 2.75) is 31.7 Å². The van der Waals surface area contributed by atoms with Gasteiger partial charge in [0.1, 0.15) is 0 Å². The number of amides is 3. The van der Waals surface area contributed by atoms with Gasteiger partial charge in [-0.1, -0.05) is 12.8 Å². The number of carbonyl (C=O) groups is 2. The molecule has 1 atom stereocenters. The fourth-order valence-electron chi connectivity index (χ4n) is 2.06. The minimum atomic E-state index is -0.495. The maximum absolute atomic E-state index is 11.6. The van der Waals surface area contributed by atoms with E-state index in [4.69, 9.17) is 0 Å². The number of imide groups is 1. The van der Waals surface area contributed by atoms with E-state index in [1.54, 1.807) is 0 Å². The third-order valence-corrected chi connectivity index (χ3v) is 3.04. The fourth-order valence-corrected chi connectivity index (χ4v) is 2.06. The molecule has 0 bridgehead atoms.